The van der Waals surface area contributed by atoms with E-state index < -0.39 is 11.9 Å². The zero-order valence-electron chi connectivity index (χ0n) is 20.7. The van der Waals surface area contributed by atoms with Crippen LogP contribution in [0.15, 0.2) is 97.1 Å². The number of nitrogens with one attached hydrogen (secondary N) is 2. The Hall–Kier alpha value is -4.92. The van der Waals surface area contributed by atoms with Crippen LogP contribution in [0.2, 0.25) is 10.0 Å². The summed E-state index contributed by atoms with van der Waals surface area (Å²) in [4.78, 5) is 28.0. The molecule has 0 saturated carbocycles. The van der Waals surface area contributed by atoms with Crippen LogP contribution in [0.3, 0.4) is 0 Å². The lowest BCUT2D eigenvalue weighted by Crippen LogP contribution is -2.10. The molecule has 1 amide bonds. The molecule has 0 aliphatic heterocycles. The number of carboxylic acid groups (broad SMARTS) is 1. The molecule has 0 spiro atoms. The van der Waals surface area contributed by atoms with Crippen molar-refractivity contribution in [2.75, 3.05) is 0 Å². The van der Waals surface area contributed by atoms with Gasteiger partial charge in [-0.15, -0.1) is 0 Å². The third-order valence-corrected chi connectivity index (χ3v) is 6.20. The van der Waals surface area contributed by atoms with Crippen molar-refractivity contribution in [2.45, 2.75) is 14.9 Å². The highest BCUT2D eigenvalue weighted by Crippen LogP contribution is 2.35. The van der Waals surface area contributed by atoms with Gasteiger partial charge in [-0.1, -0.05) is 74.5 Å². The topological polar surface area (TPSA) is 130 Å². The van der Waals surface area contributed by atoms with Crippen molar-refractivity contribution < 1.29 is 24.2 Å². The van der Waals surface area contributed by atoms with Gasteiger partial charge in [0.25, 0.3) is 5.91 Å². The van der Waals surface area contributed by atoms with Gasteiger partial charge in [-0.2, -0.15) is 0 Å². The monoisotopic (exact) mass is 605 g/mol. The Morgan fingerprint density at radius 1 is 0.643 bits per heavy atom. The first-order valence-corrected chi connectivity index (χ1v) is 12.7. The standard InChI is InChI=1S/C15H11ClN2O2.C15H10ClNO3.2CH4/c16-9-6-12-11(8-13(18-12)15(17)19)14(7-9)20-10-4-2-1-3-5-10;16-9-6-12-11(8-13(17-12)15(18)19)14(7-9)20-10-4-2-1-3-5-10;;/h1-8,18H,(H2,17,19);1-8,17H,(H,18,19);2*1H4. The van der Waals surface area contributed by atoms with Crippen molar-refractivity contribution >= 4 is 56.9 Å². The minimum atomic E-state index is -1.03. The summed E-state index contributed by atoms with van der Waals surface area (Å²) in [6.45, 7) is 0. The van der Waals surface area contributed by atoms with Gasteiger partial charge in [-0.05, 0) is 48.5 Å². The number of ether oxygens (including phenoxy) is 2. The number of H-pyrrole nitrogens is 2. The number of aromatic carboxylic acids is 1. The Morgan fingerprint density at radius 3 is 1.45 bits per heavy atom. The minimum absolute atomic E-state index is 0. The minimum Gasteiger partial charge on any atom is -0.477 e. The molecule has 0 atom stereocenters. The quantitative estimate of drug-likeness (QED) is 0.150. The van der Waals surface area contributed by atoms with Gasteiger partial charge in [-0.3, -0.25) is 4.79 Å². The largest absolute Gasteiger partial charge is 0.477 e. The molecule has 0 bridgehead atoms. The fraction of sp³-hybridized carbons (Fsp3) is 0.0625. The van der Waals surface area contributed by atoms with Gasteiger partial charge in [-0.25, -0.2) is 4.79 Å². The Balaban J connectivity index is 0.000000220. The van der Waals surface area contributed by atoms with Crippen molar-refractivity contribution in [1.29, 1.82) is 0 Å². The third kappa shape index (κ3) is 7.23. The SMILES string of the molecule is C.C.NC(=O)c1cc2c(Oc3ccccc3)cc(Cl)cc2[nH]1.O=C(O)c1cc2c(Oc3ccccc3)cc(Cl)cc2[nH]1. The molecule has 8 nitrogen and oxygen atoms in total. The normalized spacial score (nSPS) is 10.1. The summed E-state index contributed by atoms with van der Waals surface area (Å²) in [6, 6.07) is 28.5. The zero-order valence-corrected chi connectivity index (χ0v) is 22.2. The van der Waals surface area contributed by atoms with Crippen LogP contribution in [0.1, 0.15) is 35.8 Å². The summed E-state index contributed by atoms with van der Waals surface area (Å²) in [6.07, 6.45) is 0. The van der Waals surface area contributed by atoms with E-state index in [9.17, 15) is 9.59 Å². The maximum absolute atomic E-state index is 11.2. The number of rotatable bonds is 6. The van der Waals surface area contributed by atoms with Gasteiger partial charge in [0.05, 0.1) is 11.0 Å². The number of fused-ring (bicyclic) bond motifs is 2. The molecular weight excluding hydrogens is 577 g/mol. The number of hydrogen-bond donors (Lipinski definition) is 4. The van der Waals surface area contributed by atoms with E-state index in [0.29, 0.717) is 55.2 Å². The summed E-state index contributed by atoms with van der Waals surface area (Å²) >= 11 is 12.1. The predicted octanol–water partition coefficient (Wildman–Crippen LogP) is 9.30. The van der Waals surface area contributed by atoms with Crippen molar-refractivity contribution in [3.63, 3.8) is 0 Å². The van der Waals surface area contributed by atoms with Gasteiger partial charge in [0.2, 0.25) is 0 Å². The smallest absolute Gasteiger partial charge is 0.352 e. The molecule has 0 radical (unpaired) electrons. The third-order valence-electron chi connectivity index (χ3n) is 5.77. The number of halogens is 2. The van der Waals surface area contributed by atoms with Crippen LogP contribution < -0.4 is 15.2 Å². The average Bonchev–Trinajstić information content (AvgIpc) is 3.55. The molecule has 6 aromatic rings. The number of para-hydroxylation sites is 2. The second-order valence-corrected chi connectivity index (χ2v) is 9.47. The van der Waals surface area contributed by atoms with Gasteiger partial charge < -0.3 is 30.3 Å². The molecule has 6 rings (SSSR count). The van der Waals surface area contributed by atoms with Crippen molar-refractivity contribution in [1.82, 2.24) is 9.97 Å². The fourth-order valence-corrected chi connectivity index (χ4v) is 4.41. The van der Waals surface area contributed by atoms with E-state index in [2.05, 4.69) is 9.97 Å². The van der Waals surface area contributed by atoms with E-state index in [-0.39, 0.29) is 20.5 Å². The Kier molecular flexibility index (Phi) is 10.3. The van der Waals surface area contributed by atoms with Gasteiger partial charge in [0.15, 0.2) is 0 Å². The number of carbonyl (C=O) groups excluding carboxylic acids is 1. The number of amides is 1. The first-order valence-electron chi connectivity index (χ1n) is 11.9. The number of carboxylic acids is 1. The molecular formula is C32H29Cl2N3O5. The van der Waals surface area contributed by atoms with Crippen molar-refractivity contribution in [3.05, 3.63) is 118 Å². The van der Waals surface area contributed by atoms with Crippen molar-refractivity contribution in [2.24, 2.45) is 5.73 Å². The van der Waals surface area contributed by atoms with E-state index in [1.165, 1.54) is 6.07 Å². The van der Waals surface area contributed by atoms with Gasteiger partial charge in [0.1, 0.15) is 34.4 Å². The summed E-state index contributed by atoms with van der Waals surface area (Å²) in [5.41, 5.74) is 7.02. The predicted molar refractivity (Wildman–Crippen MR) is 169 cm³/mol. The number of aromatic nitrogens is 2. The maximum atomic E-state index is 11.2. The van der Waals surface area contributed by atoms with E-state index in [0.717, 1.165) is 5.39 Å². The molecule has 216 valence electrons. The zero-order chi connectivity index (χ0) is 28.2. The van der Waals surface area contributed by atoms with Gasteiger partial charge in [0, 0.05) is 33.0 Å². The fourth-order valence-electron chi connectivity index (χ4n) is 3.99. The maximum Gasteiger partial charge on any atom is 0.352 e. The van der Waals surface area contributed by atoms with Crippen LogP contribution in [-0.2, 0) is 0 Å². The first kappa shape index (κ1) is 31.6. The molecule has 42 heavy (non-hydrogen) atoms. The van der Waals surface area contributed by atoms with Crippen LogP contribution in [0.25, 0.3) is 21.8 Å². The molecule has 2 heterocycles. The Morgan fingerprint density at radius 2 is 1.05 bits per heavy atom. The lowest BCUT2D eigenvalue weighted by Gasteiger charge is -2.07. The highest BCUT2D eigenvalue weighted by Gasteiger charge is 2.14. The summed E-state index contributed by atoms with van der Waals surface area (Å²) in [7, 11) is 0. The number of primary amides is 1. The molecule has 5 N–H and O–H groups in total. The highest BCUT2D eigenvalue weighted by molar-refractivity contribution is 6.32. The lowest BCUT2D eigenvalue weighted by atomic mass is 10.2. The van der Waals surface area contributed by atoms with Crippen LogP contribution >= 0.6 is 23.2 Å². The highest BCUT2D eigenvalue weighted by atomic mass is 35.5. The number of benzene rings is 4. The number of nitrogens with two attached hydrogens (primary N) is 1. The first-order chi connectivity index (χ1) is 19.3. The average molecular weight is 607 g/mol. The van der Waals surface area contributed by atoms with Crippen LogP contribution in [0.4, 0.5) is 0 Å². The van der Waals surface area contributed by atoms with Crippen LogP contribution in [-0.4, -0.2) is 27.0 Å². The van der Waals surface area contributed by atoms with E-state index >= 15 is 0 Å². The summed E-state index contributed by atoms with van der Waals surface area (Å²) < 4.78 is 11.6. The van der Waals surface area contributed by atoms with Crippen LogP contribution in [0, 0.1) is 0 Å². The second kappa shape index (κ2) is 13.6. The Bertz CT molecular complexity index is 1700. The second-order valence-electron chi connectivity index (χ2n) is 8.60. The molecule has 0 aliphatic rings. The summed E-state index contributed by atoms with van der Waals surface area (Å²) in [5, 5.41) is 11.5. The molecule has 2 aromatic heterocycles. The van der Waals surface area contributed by atoms with Crippen LogP contribution in [0.5, 0.6) is 23.0 Å². The molecule has 0 aliphatic carbocycles. The lowest BCUT2D eigenvalue weighted by molar-refractivity contribution is 0.0691. The molecule has 0 unspecified atom stereocenters. The number of hydrogen-bond acceptors (Lipinski definition) is 4. The molecule has 10 heteroatoms. The van der Waals surface area contributed by atoms with E-state index in [1.807, 2.05) is 60.7 Å². The van der Waals surface area contributed by atoms with Crippen molar-refractivity contribution in [3.8, 4) is 23.0 Å². The van der Waals surface area contributed by atoms with Gasteiger partial charge >= 0.3 is 5.97 Å². The van der Waals surface area contributed by atoms with E-state index in [1.54, 1.807) is 30.3 Å². The molecule has 4 aromatic carbocycles. The van der Waals surface area contributed by atoms with E-state index in [4.69, 9.17) is 43.5 Å². The number of aromatic amines is 2. The molecule has 0 saturated heterocycles. The Labute approximate surface area is 252 Å². The molecule has 0 fully saturated rings. The summed E-state index contributed by atoms with van der Waals surface area (Å²) in [5.74, 6) is 0.892. The number of carbonyl (C=O) groups is 2.